The van der Waals surface area contributed by atoms with E-state index in [2.05, 4.69) is 0 Å². The van der Waals surface area contributed by atoms with Gasteiger partial charge in [0.05, 0.1) is 6.10 Å². The fraction of sp³-hybridized carbons (Fsp3) is 0.923. The third-order valence-corrected chi connectivity index (χ3v) is 4.22. The highest BCUT2D eigenvalue weighted by Gasteiger charge is 2.40. The molecule has 0 aromatic carbocycles. The van der Waals surface area contributed by atoms with Crippen molar-refractivity contribution in [2.24, 2.45) is 5.92 Å². The molecular weight excluding hydrogens is 273 g/mol. The summed E-state index contributed by atoms with van der Waals surface area (Å²) in [4.78, 5) is 13.3. The molecule has 2 atom stereocenters. The van der Waals surface area contributed by atoms with Crippen molar-refractivity contribution in [2.75, 3.05) is 13.1 Å². The molecule has 2 N–H and O–H groups in total. The summed E-state index contributed by atoms with van der Waals surface area (Å²) in [6.45, 7) is -1.19. The number of amides is 2. The van der Waals surface area contributed by atoms with Gasteiger partial charge in [0, 0.05) is 12.6 Å². The van der Waals surface area contributed by atoms with Crippen LogP contribution in [0.1, 0.15) is 38.5 Å². The largest absolute Gasteiger partial charge is 0.405 e. The molecule has 2 aliphatic rings. The van der Waals surface area contributed by atoms with Gasteiger partial charge in [-0.2, -0.15) is 13.2 Å². The molecule has 2 fully saturated rings. The van der Waals surface area contributed by atoms with E-state index in [-0.39, 0.29) is 12.6 Å². The first-order chi connectivity index (χ1) is 9.37. The van der Waals surface area contributed by atoms with Gasteiger partial charge in [-0.3, -0.25) is 0 Å². The van der Waals surface area contributed by atoms with E-state index in [0.29, 0.717) is 12.3 Å². The predicted octanol–water partition coefficient (Wildman–Crippen LogP) is 2.27. The minimum Gasteiger partial charge on any atom is -0.391 e. The van der Waals surface area contributed by atoms with Gasteiger partial charge in [0.25, 0.3) is 0 Å². The number of aliphatic hydroxyl groups is 1. The Kier molecular flexibility index (Phi) is 4.78. The first kappa shape index (κ1) is 15.4. The maximum absolute atomic E-state index is 12.1. The van der Waals surface area contributed by atoms with Crippen molar-refractivity contribution in [3.63, 3.8) is 0 Å². The Morgan fingerprint density at radius 3 is 2.50 bits per heavy atom. The number of halogens is 3. The topological polar surface area (TPSA) is 52.6 Å². The zero-order chi connectivity index (χ0) is 14.8. The summed E-state index contributed by atoms with van der Waals surface area (Å²) < 4.78 is 36.4. The average molecular weight is 294 g/mol. The highest BCUT2D eigenvalue weighted by molar-refractivity contribution is 5.75. The fourth-order valence-electron chi connectivity index (χ4n) is 3.32. The number of hydrogen-bond acceptors (Lipinski definition) is 2. The number of carbonyl (C=O) groups is 1. The third-order valence-electron chi connectivity index (χ3n) is 4.22. The van der Waals surface area contributed by atoms with Crippen molar-refractivity contribution in [1.29, 1.82) is 0 Å². The van der Waals surface area contributed by atoms with E-state index in [1.165, 1.54) is 11.3 Å². The van der Waals surface area contributed by atoms with Gasteiger partial charge in [0.1, 0.15) is 6.54 Å². The Balaban J connectivity index is 1.94. The Labute approximate surface area is 116 Å². The lowest BCUT2D eigenvalue weighted by atomic mass is 9.83. The summed E-state index contributed by atoms with van der Waals surface area (Å²) in [5, 5.41) is 11.6. The van der Waals surface area contributed by atoms with E-state index in [4.69, 9.17) is 0 Å². The van der Waals surface area contributed by atoms with E-state index in [9.17, 15) is 23.1 Å². The normalized spacial score (nSPS) is 28.7. The molecule has 4 nitrogen and oxygen atoms in total. The SMILES string of the molecule is O=C(NCC(F)(F)F)N1C[C@@H](O)C[C@H]1C1CCCCC1. The summed E-state index contributed by atoms with van der Waals surface area (Å²) in [7, 11) is 0. The molecule has 1 heterocycles. The molecule has 2 amide bonds. The van der Waals surface area contributed by atoms with E-state index < -0.39 is 24.9 Å². The minimum atomic E-state index is -4.41. The third kappa shape index (κ3) is 4.01. The number of nitrogens with zero attached hydrogens (tertiary/aromatic N) is 1. The molecule has 0 aromatic rings. The number of aliphatic hydroxyl groups excluding tert-OH is 1. The number of alkyl halides is 3. The molecule has 0 radical (unpaired) electrons. The van der Waals surface area contributed by atoms with Crippen LogP contribution in [0, 0.1) is 5.92 Å². The minimum absolute atomic E-state index is 0.126. The van der Waals surface area contributed by atoms with Crippen LogP contribution in [0.25, 0.3) is 0 Å². The second kappa shape index (κ2) is 6.20. The van der Waals surface area contributed by atoms with Crippen molar-refractivity contribution in [1.82, 2.24) is 10.2 Å². The summed E-state index contributed by atoms with van der Waals surface area (Å²) in [6, 6.07) is -0.840. The standard InChI is InChI=1S/C13H21F3N2O2/c14-13(15,16)8-17-12(20)18-7-10(19)6-11(18)9-4-2-1-3-5-9/h9-11,19H,1-8H2,(H,17,20)/t10-,11-/m0/s1. The van der Waals surface area contributed by atoms with Gasteiger partial charge in [-0.25, -0.2) is 4.79 Å². The number of nitrogens with one attached hydrogen (secondary N) is 1. The monoisotopic (exact) mass is 294 g/mol. The van der Waals surface area contributed by atoms with Crippen LogP contribution in [0.5, 0.6) is 0 Å². The molecular formula is C13H21F3N2O2. The molecule has 0 unspecified atom stereocenters. The van der Waals surface area contributed by atoms with Crippen LogP contribution in [0.15, 0.2) is 0 Å². The second-order valence-electron chi connectivity index (χ2n) is 5.78. The summed E-state index contributed by atoms with van der Waals surface area (Å²) in [5.41, 5.74) is 0. The van der Waals surface area contributed by atoms with Crippen LogP contribution in [0.4, 0.5) is 18.0 Å². The number of β-amino-alcohol motifs (C(OH)–C–C–N with tert-alkyl or cyclic N) is 1. The number of urea groups is 1. The lowest BCUT2D eigenvalue weighted by Gasteiger charge is -2.33. The van der Waals surface area contributed by atoms with Gasteiger partial charge in [-0.05, 0) is 25.2 Å². The van der Waals surface area contributed by atoms with Crippen molar-refractivity contribution in [2.45, 2.75) is 56.8 Å². The highest BCUT2D eigenvalue weighted by Crippen LogP contribution is 2.34. The van der Waals surface area contributed by atoms with Gasteiger partial charge < -0.3 is 15.3 Å². The lowest BCUT2D eigenvalue weighted by molar-refractivity contribution is -0.123. The van der Waals surface area contributed by atoms with Gasteiger partial charge >= 0.3 is 12.2 Å². The van der Waals surface area contributed by atoms with Crippen LogP contribution in [-0.4, -0.2) is 47.4 Å². The van der Waals surface area contributed by atoms with Crippen molar-refractivity contribution >= 4 is 6.03 Å². The first-order valence-corrected chi connectivity index (χ1v) is 7.16. The van der Waals surface area contributed by atoms with E-state index in [1.54, 1.807) is 0 Å². The fourth-order valence-corrected chi connectivity index (χ4v) is 3.32. The molecule has 1 aliphatic carbocycles. The van der Waals surface area contributed by atoms with Crippen LogP contribution in [0.2, 0.25) is 0 Å². The van der Waals surface area contributed by atoms with Crippen LogP contribution in [0.3, 0.4) is 0 Å². The Morgan fingerprint density at radius 1 is 1.25 bits per heavy atom. The Morgan fingerprint density at radius 2 is 1.90 bits per heavy atom. The second-order valence-corrected chi connectivity index (χ2v) is 5.78. The van der Waals surface area contributed by atoms with Crippen molar-refractivity contribution < 1.29 is 23.1 Å². The molecule has 1 aliphatic heterocycles. The van der Waals surface area contributed by atoms with Crippen LogP contribution >= 0.6 is 0 Å². The van der Waals surface area contributed by atoms with E-state index in [0.717, 1.165) is 25.7 Å². The maximum atomic E-state index is 12.1. The molecule has 20 heavy (non-hydrogen) atoms. The van der Waals surface area contributed by atoms with Gasteiger partial charge in [-0.1, -0.05) is 19.3 Å². The molecule has 0 bridgehead atoms. The van der Waals surface area contributed by atoms with Gasteiger partial charge in [-0.15, -0.1) is 0 Å². The molecule has 1 saturated carbocycles. The Hall–Kier alpha value is -0.980. The summed E-state index contributed by atoms with van der Waals surface area (Å²) >= 11 is 0. The zero-order valence-corrected chi connectivity index (χ0v) is 11.3. The highest BCUT2D eigenvalue weighted by atomic mass is 19.4. The van der Waals surface area contributed by atoms with E-state index in [1.807, 2.05) is 5.32 Å². The van der Waals surface area contributed by atoms with E-state index >= 15 is 0 Å². The summed E-state index contributed by atoms with van der Waals surface area (Å²) in [5.74, 6) is 0.303. The van der Waals surface area contributed by atoms with Gasteiger partial charge in [0.15, 0.2) is 0 Å². The number of hydrogen-bond donors (Lipinski definition) is 2. The molecule has 1 saturated heterocycles. The molecule has 2 rings (SSSR count). The Bertz CT molecular complexity index is 343. The number of carbonyl (C=O) groups excluding carboxylic acids is 1. The van der Waals surface area contributed by atoms with Crippen LogP contribution in [-0.2, 0) is 0 Å². The summed E-state index contributed by atoms with van der Waals surface area (Å²) in [6.07, 6.45) is 0.772. The molecule has 7 heteroatoms. The number of likely N-dealkylation sites (tertiary alicyclic amines) is 1. The van der Waals surface area contributed by atoms with Crippen molar-refractivity contribution in [3.05, 3.63) is 0 Å². The smallest absolute Gasteiger partial charge is 0.391 e. The quantitative estimate of drug-likeness (QED) is 0.821. The lowest BCUT2D eigenvalue weighted by Crippen LogP contribution is -2.48. The zero-order valence-electron chi connectivity index (χ0n) is 11.3. The molecule has 116 valence electrons. The molecule has 0 spiro atoms. The average Bonchev–Trinajstić information content (AvgIpc) is 2.78. The van der Waals surface area contributed by atoms with Crippen molar-refractivity contribution in [3.8, 4) is 0 Å². The molecule has 0 aromatic heterocycles. The van der Waals surface area contributed by atoms with Crippen LogP contribution < -0.4 is 5.32 Å². The first-order valence-electron chi connectivity index (χ1n) is 7.16. The predicted molar refractivity (Wildman–Crippen MR) is 67.1 cm³/mol. The number of rotatable bonds is 2. The maximum Gasteiger partial charge on any atom is 0.405 e. The van der Waals surface area contributed by atoms with Gasteiger partial charge in [0.2, 0.25) is 0 Å².